The SMILES string of the molecule is O=C(CCc1cc(C(F)(F)F)ccc1C(F)(F)F)Nc1cccc2c(=O)n(CCO)ccc12. The number of halogens is 6. The van der Waals surface area contributed by atoms with Crippen molar-refractivity contribution in [2.75, 3.05) is 11.9 Å². The Morgan fingerprint density at radius 3 is 2.33 bits per heavy atom. The van der Waals surface area contributed by atoms with E-state index < -0.39 is 53.4 Å². The van der Waals surface area contributed by atoms with Crippen LogP contribution < -0.4 is 10.9 Å². The van der Waals surface area contributed by atoms with Gasteiger partial charge in [-0.2, -0.15) is 26.3 Å². The Bertz CT molecular complexity index is 1230. The summed E-state index contributed by atoms with van der Waals surface area (Å²) in [6.45, 7) is -0.179. The number of hydrogen-bond donors (Lipinski definition) is 2. The van der Waals surface area contributed by atoms with Gasteiger partial charge in [-0.1, -0.05) is 6.07 Å². The molecule has 1 heterocycles. The van der Waals surface area contributed by atoms with Crippen LogP contribution in [0.5, 0.6) is 0 Å². The van der Waals surface area contributed by atoms with Crippen molar-refractivity contribution in [1.82, 2.24) is 4.57 Å². The number of rotatable bonds is 6. The number of aryl methyl sites for hydroxylation is 1. The number of amides is 1. The molecule has 0 aliphatic rings. The summed E-state index contributed by atoms with van der Waals surface area (Å²) >= 11 is 0. The molecule has 3 rings (SSSR count). The van der Waals surface area contributed by atoms with E-state index in [4.69, 9.17) is 5.11 Å². The number of pyridine rings is 1. The summed E-state index contributed by atoms with van der Waals surface area (Å²) in [6, 6.07) is 7.15. The van der Waals surface area contributed by atoms with Crippen molar-refractivity contribution in [2.45, 2.75) is 31.7 Å². The Balaban J connectivity index is 1.83. The van der Waals surface area contributed by atoms with Crippen molar-refractivity contribution in [3.8, 4) is 0 Å². The highest BCUT2D eigenvalue weighted by atomic mass is 19.4. The second-order valence-electron chi connectivity index (χ2n) is 7.22. The first-order chi connectivity index (χ1) is 15.4. The third kappa shape index (κ3) is 5.54. The van der Waals surface area contributed by atoms with Crippen molar-refractivity contribution in [3.05, 3.63) is 75.7 Å². The molecule has 11 heteroatoms. The average molecular weight is 472 g/mol. The zero-order valence-corrected chi connectivity index (χ0v) is 16.9. The Kier molecular flexibility index (Phi) is 6.82. The standard InChI is InChI=1S/C22H18F6N2O3/c23-21(24,25)14-5-6-17(22(26,27)28)13(12-14)4-7-19(32)29-18-3-1-2-16-15(18)8-9-30(10-11-31)20(16)33/h1-3,5-6,8-9,12,31H,4,7,10-11H2,(H,29,32). The number of fused-ring (bicyclic) bond motifs is 1. The molecule has 0 aliphatic carbocycles. The van der Waals surface area contributed by atoms with E-state index in [0.717, 1.165) is 0 Å². The third-order valence-electron chi connectivity index (χ3n) is 4.99. The largest absolute Gasteiger partial charge is 0.416 e. The van der Waals surface area contributed by atoms with Gasteiger partial charge in [0.05, 0.1) is 17.7 Å². The predicted molar refractivity (Wildman–Crippen MR) is 109 cm³/mol. The maximum absolute atomic E-state index is 13.2. The molecule has 0 fully saturated rings. The van der Waals surface area contributed by atoms with Crippen molar-refractivity contribution in [3.63, 3.8) is 0 Å². The van der Waals surface area contributed by atoms with Crippen LogP contribution in [0.1, 0.15) is 23.1 Å². The second kappa shape index (κ2) is 9.26. The van der Waals surface area contributed by atoms with E-state index in [1.54, 1.807) is 0 Å². The zero-order chi connectivity index (χ0) is 24.4. The summed E-state index contributed by atoms with van der Waals surface area (Å²) in [4.78, 5) is 24.8. The monoisotopic (exact) mass is 472 g/mol. The Hall–Kier alpha value is -3.34. The fraction of sp³-hybridized carbons (Fsp3) is 0.273. The maximum atomic E-state index is 13.2. The molecule has 1 aromatic heterocycles. The first-order valence-corrected chi connectivity index (χ1v) is 9.72. The van der Waals surface area contributed by atoms with E-state index in [9.17, 15) is 35.9 Å². The number of benzene rings is 2. The molecular formula is C22H18F6N2O3. The van der Waals surface area contributed by atoms with Crippen LogP contribution in [0.4, 0.5) is 32.0 Å². The number of aliphatic hydroxyl groups is 1. The molecule has 33 heavy (non-hydrogen) atoms. The Morgan fingerprint density at radius 1 is 0.970 bits per heavy atom. The second-order valence-corrected chi connectivity index (χ2v) is 7.22. The van der Waals surface area contributed by atoms with Crippen molar-refractivity contribution in [1.29, 1.82) is 0 Å². The smallest absolute Gasteiger partial charge is 0.395 e. The molecule has 0 aliphatic heterocycles. The fourth-order valence-corrected chi connectivity index (χ4v) is 3.43. The molecule has 0 bridgehead atoms. The lowest BCUT2D eigenvalue weighted by Crippen LogP contribution is -2.21. The topological polar surface area (TPSA) is 71.3 Å². The van der Waals surface area contributed by atoms with Crippen LogP contribution in [0, 0.1) is 0 Å². The minimum Gasteiger partial charge on any atom is -0.395 e. The molecule has 0 spiro atoms. The van der Waals surface area contributed by atoms with Gasteiger partial charge < -0.3 is 15.0 Å². The lowest BCUT2D eigenvalue weighted by atomic mass is 9.99. The van der Waals surface area contributed by atoms with E-state index in [0.29, 0.717) is 23.6 Å². The molecule has 0 atom stereocenters. The van der Waals surface area contributed by atoms with Gasteiger partial charge in [0.25, 0.3) is 5.56 Å². The summed E-state index contributed by atoms with van der Waals surface area (Å²) in [5, 5.41) is 12.1. The van der Waals surface area contributed by atoms with Gasteiger partial charge in [-0.3, -0.25) is 9.59 Å². The van der Waals surface area contributed by atoms with Gasteiger partial charge in [-0.05, 0) is 48.4 Å². The average Bonchev–Trinajstić information content (AvgIpc) is 2.73. The predicted octanol–water partition coefficient (Wildman–Crippen LogP) is 4.60. The van der Waals surface area contributed by atoms with Gasteiger partial charge in [-0.25, -0.2) is 0 Å². The number of anilines is 1. The lowest BCUT2D eigenvalue weighted by Gasteiger charge is -2.16. The van der Waals surface area contributed by atoms with Crippen LogP contribution in [0.25, 0.3) is 10.8 Å². The molecule has 3 aromatic rings. The number of carbonyl (C=O) groups is 1. The molecule has 5 nitrogen and oxygen atoms in total. The number of carbonyl (C=O) groups excluding carboxylic acids is 1. The van der Waals surface area contributed by atoms with E-state index in [1.165, 1.54) is 35.0 Å². The van der Waals surface area contributed by atoms with Gasteiger partial charge in [0.15, 0.2) is 0 Å². The number of aliphatic hydroxyl groups excluding tert-OH is 1. The third-order valence-corrected chi connectivity index (χ3v) is 4.99. The molecule has 0 unspecified atom stereocenters. The molecule has 176 valence electrons. The summed E-state index contributed by atoms with van der Waals surface area (Å²) in [5.74, 6) is -0.729. The van der Waals surface area contributed by atoms with Crippen LogP contribution in [0.15, 0.2) is 53.5 Å². The van der Waals surface area contributed by atoms with Crippen LogP contribution in [0.3, 0.4) is 0 Å². The van der Waals surface area contributed by atoms with Crippen LogP contribution in [-0.2, 0) is 30.1 Å². The van der Waals surface area contributed by atoms with Gasteiger partial charge >= 0.3 is 12.4 Å². The molecule has 0 radical (unpaired) electrons. The highest BCUT2D eigenvalue weighted by Crippen LogP contribution is 2.37. The van der Waals surface area contributed by atoms with Crippen molar-refractivity contribution < 1.29 is 36.2 Å². The van der Waals surface area contributed by atoms with Gasteiger partial charge in [-0.15, -0.1) is 0 Å². The zero-order valence-electron chi connectivity index (χ0n) is 16.9. The summed E-state index contributed by atoms with van der Waals surface area (Å²) in [7, 11) is 0. The number of alkyl halides is 6. The highest BCUT2D eigenvalue weighted by Gasteiger charge is 2.36. The molecule has 0 saturated heterocycles. The minimum absolute atomic E-state index is 0.0733. The first-order valence-electron chi connectivity index (χ1n) is 9.72. The van der Waals surface area contributed by atoms with Crippen LogP contribution in [0.2, 0.25) is 0 Å². The van der Waals surface area contributed by atoms with Crippen LogP contribution in [-0.4, -0.2) is 22.2 Å². The summed E-state index contributed by atoms with van der Waals surface area (Å²) in [5.41, 5.74) is -3.29. The van der Waals surface area contributed by atoms with Crippen molar-refractivity contribution in [2.24, 2.45) is 0 Å². The minimum atomic E-state index is -4.87. The maximum Gasteiger partial charge on any atom is 0.416 e. The van der Waals surface area contributed by atoms with E-state index >= 15 is 0 Å². The van der Waals surface area contributed by atoms with Crippen molar-refractivity contribution >= 4 is 22.4 Å². The van der Waals surface area contributed by atoms with Crippen LogP contribution >= 0.6 is 0 Å². The lowest BCUT2D eigenvalue weighted by molar-refractivity contribution is -0.141. The fourth-order valence-electron chi connectivity index (χ4n) is 3.43. The number of hydrogen-bond acceptors (Lipinski definition) is 3. The Labute approximate surface area is 183 Å². The quantitative estimate of drug-likeness (QED) is 0.515. The van der Waals surface area contributed by atoms with E-state index in [1.807, 2.05) is 0 Å². The summed E-state index contributed by atoms with van der Waals surface area (Å²) < 4.78 is 79.8. The highest BCUT2D eigenvalue weighted by molar-refractivity contribution is 6.01. The Morgan fingerprint density at radius 2 is 1.70 bits per heavy atom. The number of nitrogens with one attached hydrogen (secondary N) is 1. The normalized spacial score (nSPS) is 12.2. The number of nitrogens with zero attached hydrogens (tertiary/aromatic N) is 1. The van der Waals surface area contributed by atoms with Gasteiger partial charge in [0, 0.05) is 35.6 Å². The van der Waals surface area contributed by atoms with E-state index in [2.05, 4.69) is 5.32 Å². The van der Waals surface area contributed by atoms with Gasteiger partial charge in [0.1, 0.15) is 0 Å². The van der Waals surface area contributed by atoms with Gasteiger partial charge in [0.2, 0.25) is 5.91 Å². The van der Waals surface area contributed by atoms with E-state index in [-0.39, 0.29) is 24.2 Å². The molecule has 2 N–H and O–H groups in total. The molecule has 0 saturated carbocycles. The molecule has 1 amide bonds. The summed E-state index contributed by atoms with van der Waals surface area (Å²) in [6.07, 6.45) is -9.36. The first kappa shape index (κ1) is 24.3. The molecule has 2 aromatic carbocycles. The molecular weight excluding hydrogens is 454 g/mol. The number of aromatic nitrogens is 1.